The second-order valence-electron chi connectivity index (χ2n) is 3.62. The first kappa shape index (κ1) is 12.4. The van der Waals surface area contributed by atoms with E-state index in [2.05, 4.69) is 19.8 Å². The van der Waals surface area contributed by atoms with E-state index in [4.69, 9.17) is 0 Å². The Balaban J connectivity index is 3.44. The molecule has 76 valence electrons. The molecule has 0 N–H and O–H groups in total. The van der Waals surface area contributed by atoms with Crippen LogP contribution in [0.2, 0.25) is 0 Å². The van der Waals surface area contributed by atoms with Gasteiger partial charge in [-0.1, -0.05) is 39.5 Å². The number of unbranched alkanes of at least 4 members (excludes halogenated alkanes) is 4. The van der Waals surface area contributed by atoms with Gasteiger partial charge in [-0.05, 0) is 25.7 Å². The molecule has 0 radical (unpaired) electrons. The topological polar surface area (TPSA) is 17.1 Å². The van der Waals surface area contributed by atoms with E-state index >= 15 is 0 Å². The van der Waals surface area contributed by atoms with E-state index in [1.807, 2.05) is 0 Å². The van der Waals surface area contributed by atoms with Crippen molar-refractivity contribution < 1.29 is 4.79 Å². The predicted octanol–water partition coefficient (Wildman–Crippen LogP) is 3.91. The summed E-state index contributed by atoms with van der Waals surface area (Å²) in [6.07, 6.45) is 9.22. The van der Waals surface area contributed by atoms with Gasteiger partial charge in [0.05, 0.1) is 0 Å². The third-order valence-electron chi connectivity index (χ3n) is 2.31. The van der Waals surface area contributed by atoms with Crippen molar-refractivity contribution in [3.05, 3.63) is 5.57 Å². The lowest BCUT2D eigenvalue weighted by Crippen LogP contribution is -1.86. The molecule has 0 aromatic heterocycles. The summed E-state index contributed by atoms with van der Waals surface area (Å²) in [5, 5.41) is 0. The largest absolute Gasteiger partial charge is 0.234 e. The third-order valence-corrected chi connectivity index (χ3v) is 2.31. The average Bonchev–Trinajstić information content (AvgIpc) is 2.17. The Morgan fingerprint density at radius 1 is 0.923 bits per heavy atom. The molecule has 0 unspecified atom stereocenters. The summed E-state index contributed by atoms with van der Waals surface area (Å²) in [6, 6.07) is 0. The number of hydrogen-bond acceptors (Lipinski definition) is 1. The van der Waals surface area contributed by atoms with Gasteiger partial charge in [-0.3, -0.25) is 0 Å². The maximum absolute atomic E-state index is 10.5. The summed E-state index contributed by atoms with van der Waals surface area (Å²) in [5.74, 6) is 2.08. The van der Waals surface area contributed by atoms with Gasteiger partial charge in [-0.25, -0.2) is 4.79 Å². The summed E-state index contributed by atoms with van der Waals surface area (Å²) in [5.41, 5.74) is 0.998. The Hall–Kier alpha value is -0.550. The highest BCUT2D eigenvalue weighted by Gasteiger charge is 1.97. The van der Waals surface area contributed by atoms with Gasteiger partial charge >= 0.3 is 0 Å². The standard InChI is InChI=1S/C12H22O/c1-3-5-7-8-10-12(11-13)9-6-4-2/h3-10H2,1-2H3. The van der Waals surface area contributed by atoms with Crippen molar-refractivity contribution in [1.82, 2.24) is 0 Å². The van der Waals surface area contributed by atoms with Crippen LogP contribution >= 0.6 is 0 Å². The van der Waals surface area contributed by atoms with Crippen molar-refractivity contribution in [1.29, 1.82) is 0 Å². The molecule has 0 aromatic carbocycles. The van der Waals surface area contributed by atoms with Crippen molar-refractivity contribution in [2.75, 3.05) is 0 Å². The fourth-order valence-electron chi connectivity index (χ4n) is 1.38. The molecule has 0 amide bonds. The molecule has 0 rings (SSSR count). The van der Waals surface area contributed by atoms with E-state index in [0.29, 0.717) is 0 Å². The molecule has 1 nitrogen and oxygen atoms in total. The molecule has 0 fully saturated rings. The summed E-state index contributed by atoms with van der Waals surface area (Å²) >= 11 is 0. The lowest BCUT2D eigenvalue weighted by Gasteiger charge is -2.01. The summed E-state index contributed by atoms with van der Waals surface area (Å²) in [7, 11) is 0. The van der Waals surface area contributed by atoms with Crippen molar-refractivity contribution in [2.24, 2.45) is 0 Å². The first-order chi connectivity index (χ1) is 6.35. The van der Waals surface area contributed by atoms with Gasteiger partial charge in [0.1, 0.15) is 5.94 Å². The van der Waals surface area contributed by atoms with Crippen LogP contribution in [0.4, 0.5) is 0 Å². The summed E-state index contributed by atoms with van der Waals surface area (Å²) < 4.78 is 0. The first-order valence-corrected chi connectivity index (χ1v) is 5.58. The SMILES string of the molecule is CCCCCCC(=C=O)CCCC. The fraction of sp³-hybridized carbons (Fsp3) is 0.833. The van der Waals surface area contributed by atoms with Gasteiger partial charge in [-0.15, -0.1) is 0 Å². The van der Waals surface area contributed by atoms with Crippen molar-refractivity contribution in [3.63, 3.8) is 0 Å². The minimum atomic E-state index is 0.964. The van der Waals surface area contributed by atoms with Crippen molar-refractivity contribution in [3.8, 4) is 0 Å². The van der Waals surface area contributed by atoms with Crippen LogP contribution in [0.1, 0.15) is 65.2 Å². The van der Waals surface area contributed by atoms with Crippen LogP contribution in [-0.4, -0.2) is 5.94 Å². The second-order valence-corrected chi connectivity index (χ2v) is 3.62. The van der Waals surface area contributed by atoms with E-state index in [-0.39, 0.29) is 0 Å². The molecule has 0 aliphatic rings. The smallest absolute Gasteiger partial charge is 0.123 e. The molecule has 0 spiro atoms. The lowest BCUT2D eigenvalue weighted by molar-refractivity contribution is 0.561. The van der Waals surface area contributed by atoms with E-state index in [0.717, 1.165) is 24.8 Å². The monoisotopic (exact) mass is 182 g/mol. The van der Waals surface area contributed by atoms with E-state index in [1.165, 1.54) is 32.1 Å². The summed E-state index contributed by atoms with van der Waals surface area (Å²) in [4.78, 5) is 10.5. The van der Waals surface area contributed by atoms with Gasteiger partial charge in [0.25, 0.3) is 0 Å². The lowest BCUT2D eigenvalue weighted by atomic mass is 10.0. The van der Waals surface area contributed by atoms with Gasteiger partial charge in [-0.2, -0.15) is 0 Å². The van der Waals surface area contributed by atoms with Crippen LogP contribution in [0.3, 0.4) is 0 Å². The number of carbonyl (C=O) groups excluding carboxylic acids is 1. The maximum atomic E-state index is 10.5. The molecule has 0 saturated carbocycles. The third kappa shape index (κ3) is 7.80. The quantitative estimate of drug-likeness (QED) is 0.411. The van der Waals surface area contributed by atoms with Gasteiger partial charge < -0.3 is 0 Å². The maximum Gasteiger partial charge on any atom is 0.123 e. The van der Waals surface area contributed by atoms with Gasteiger partial charge in [0, 0.05) is 5.57 Å². The Kier molecular flexibility index (Phi) is 9.13. The highest BCUT2D eigenvalue weighted by Crippen LogP contribution is 2.13. The minimum Gasteiger partial charge on any atom is -0.234 e. The van der Waals surface area contributed by atoms with Crippen LogP contribution in [0.15, 0.2) is 5.57 Å². The highest BCUT2D eigenvalue weighted by atomic mass is 16.1. The normalized spacial score (nSPS) is 9.69. The number of rotatable bonds is 8. The molecular formula is C12H22O. The van der Waals surface area contributed by atoms with Gasteiger partial charge in [0.2, 0.25) is 0 Å². The first-order valence-electron chi connectivity index (χ1n) is 5.58. The minimum absolute atomic E-state index is 0.964. The van der Waals surface area contributed by atoms with E-state index in [1.54, 1.807) is 0 Å². The van der Waals surface area contributed by atoms with E-state index < -0.39 is 0 Å². The molecule has 0 atom stereocenters. The van der Waals surface area contributed by atoms with Crippen molar-refractivity contribution >= 4 is 5.94 Å². The zero-order chi connectivity index (χ0) is 9.94. The van der Waals surface area contributed by atoms with E-state index in [9.17, 15) is 4.79 Å². The van der Waals surface area contributed by atoms with Crippen LogP contribution in [0, 0.1) is 0 Å². The molecule has 0 bridgehead atoms. The number of allylic oxidation sites excluding steroid dienone is 1. The molecular weight excluding hydrogens is 160 g/mol. The summed E-state index contributed by atoms with van der Waals surface area (Å²) in [6.45, 7) is 4.35. The number of hydrogen-bond donors (Lipinski definition) is 0. The molecule has 1 heteroatoms. The Bertz CT molecular complexity index is 155. The fourth-order valence-corrected chi connectivity index (χ4v) is 1.38. The molecule has 0 heterocycles. The second kappa shape index (κ2) is 9.54. The van der Waals surface area contributed by atoms with Crippen LogP contribution < -0.4 is 0 Å². The Morgan fingerprint density at radius 3 is 2.08 bits per heavy atom. The highest BCUT2D eigenvalue weighted by molar-refractivity contribution is 5.52. The van der Waals surface area contributed by atoms with Crippen LogP contribution in [0.5, 0.6) is 0 Å². The molecule has 0 aliphatic carbocycles. The molecule has 13 heavy (non-hydrogen) atoms. The average molecular weight is 182 g/mol. The Labute approximate surface area is 82.2 Å². The molecule has 0 aliphatic heterocycles. The predicted molar refractivity (Wildman–Crippen MR) is 57.5 cm³/mol. The molecule has 0 aromatic rings. The van der Waals surface area contributed by atoms with Crippen LogP contribution in [0.25, 0.3) is 0 Å². The van der Waals surface area contributed by atoms with Crippen molar-refractivity contribution in [2.45, 2.75) is 65.2 Å². The van der Waals surface area contributed by atoms with Crippen LogP contribution in [-0.2, 0) is 4.79 Å². The van der Waals surface area contributed by atoms with Gasteiger partial charge in [0.15, 0.2) is 0 Å². The Morgan fingerprint density at radius 2 is 1.54 bits per heavy atom. The molecule has 0 saturated heterocycles. The zero-order valence-corrected chi connectivity index (χ0v) is 9.07. The zero-order valence-electron chi connectivity index (χ0n) is 9.07.